The first kappa shape index (κ1) is 21.1. The largest absolute Gasteiger partial charge is 0.468 e. The Hall–Kier alpha value is -1.19. The number of likely N-dealkylation sites (tertiary alicyclic amines) is 1. The summed E-state index contributed by atoms with van der Waals surface area (Å²) in [5.74, 6) is -0.729. The topological polar surface area (TPSA) is 75.3 Å². The van der Waals surface area contributed by atoms with Crippen LogP contribution >= 0.6 is 39.5 Å². The summed E-state index contributed by atoms with van der Waals surface area (Å²) in [6.07, 6.45) is 8.13. The SMILES string of the molecule is COC(=O)C(C(=O)N1CCCC1c1ncc(C2=CC3SC(Br)=CC3S2)[nH]1)C(C)C. The molecule has 0 bridgehead atoms. The van der Waals surface area contributed by atoms with E-state index in [9.17, 15) is 9.59 Å². The van der Waals surface area contributed by atoms with Gasteiger partial charge in [-0.1, -0.05) is 19.9 Å². The Morgan fingerprint density at radius 2 is 2.07 bits per heavy atom. The molecule has 0 saturated carbocycles. The number of aromatic amines is 1. The maximum Gasteiger partial charge on any atom is 0.318 e. The molecule has 29 heavy (non-hydrogen) atoms. The van der Waals surface area contributed by atoms with Crippen LogP contribution in [-0.4, -0.2) is 50.9 Å². The fraction of sp³-hybridized carbons (Fsp3) is 0.550. The third-order valence-electron chi connectivity index (χ3n) is 5.55. The first-order valence-electron chi connectivity index (χ1n) is 9.75. The first-order chi connectivity index (χ1) is 13.9. The number of hydrogen-bond donors (Lipinski definition) is 1. The molecule has 156 valence electrons. The average Bonchev–Trinajstić information content (AvgIpc) is 3.42. The number of carbonyl (C=O) groups excluding carboxylic acids is 2. The number of H-pyrrole nitrogens is 1. The van der Waals surface area contributed by atoms with Gasteiger partial charge in [0.15, 0.2) is 0 Å². The summed E-state index contributed by atoms with van der Waals surface area (Å²) in [7, 11) is 1.33. The molecule has 1 amide bonds. The van der Waals surface area contributed by atoms with Gasteiger partial charge in [0, 0.05) is 25.8 Å². The van der Waals surface area contributed by atoms with E-state index in [1.54, 1.807) is 4.90 Å². The second kappa shape index (κ2) is 8.51. The molecule has 4 rings (SSSR count). The highest BCUT2D eigenvalue weighted by molar-refractivity contribution is 9.14. The Morgan fingerprint density at radius 1 is 1.31 bits per heavy atom. The predicted octanol–water partition coefficient (Wildman–Crippen LogP) is 4.33. The van der Waals surface area contributed by atoms with E-state index in [1.807, 2.05) is 43.6 Å². The third-order valence-corrected chi connectivity index (χ3v) is 8.92. The minimum Gasteiger partial charge on any atom is -0.468 e. The van der Waals surface area contributed by atoms with E-state index in [0.29, 0.717) is 17.0 Å². The molecule has 1 fully saturated rings. The standard InChI is InChI=1S/C20H24BrN3O3S2/c1-10(2)17(20(26)27-3)19(25)24-6-4-5-12(24)18-22-9-11(23-18)13-7-14-15(28-13)8-16(21)29-14/h7-10,12,14-15,17H,4-6H2,1-3H3,(H,22,23). The van der Waals surface area contributed by atoms with Crippen molar-refractivity contribution in [2.45, 2.75) is 43.2 Å². The molecular formula is C20H24BrN3O3S2. The van der Waals surface area contributed by atoms with Crippen LogP contribution < -0.4 is 0 Å². The van der Waals surface area contributed by atoms with Gasteiger partial charge < -0.3 is 14.6 Å². The monoisotopic (exact) mass is 497 g/mol. The van der Waals surface area contributed by atoms with Crippen LogP contribution in [0.3, 0.4) is 0 Å². The molecule has 6 nitrogen and oxygen atoms in total. The van der Waals surface area contributed by atoms with Gasteiger partial charge in [-0.2, -0.15) is 0 Å². The zero-order chi connectivity index (χ0) is 20.7. The van der Waals surface area contributed by atoms with Gasteiger partial charge in [-0.25, -0.2) is 4.98 Å². The number of imidazole rings is 1. The molecule has 3 aliphatic heterocycles. The number of rotatable bonds is 5. The summed E-state index contributed by atoms with van der Waals surface area (Å²) in [4.78, 5) is 36.4. The number of carbonyl (C=O) groups is 2. The molecule has 1 N–H and O–H groups in total. The van der Waals surface area contributed by atoms with Crippen molar-refractivity contribution >= 4 is 56.2 Å². The van der Waals surface area contributed by atoms with E-state index in [-0.39, 0.29) is 17.9 Å². The third kappa shape index (κ3) is 4.05. The molecular weight excluding hydrogens is 474 g/mol. The molecule has 3 aliphatic rings. The Morgan fingerprint density at radius 3 is 2.76 bits per heavy atom. The van der Waals surface area contributed by atoms with E-state index < -0.39 is 11.9 Å². The Bertz CT molecular complexity index is 882. The van der Waals surface area contributed by atoms with E-state index in [1.165, 1.54) is 15.8 Å². The van der Waals surface area contributed by atoms with E-state index >= 15 is 0 Å². The van der Waals surface area contributed by atoms with Crippen molar-refractivity contribution in [3.63, 3.8) is 0 Å². The highest BCUT2D eigenvalue weighted by Gasteiger charge is 2.40. The Labute approximate surface area is 187 Å². The second-order valence-electron chi connectivity index (χ2n) is 7.78. The predicted molar refractivity (Wildman–Crippen MR) is 120 cm³/mol. The normalized spacial score (nSPS) is 27.1. The number of hydrogen-bond acceptors (Lipinski definition) is 6. The van der Waals surface area contributed by atoms with Gasteiger partial charge in [0.1, 0.15) is 11.7 Å². The van der Waals surface area contributed by atoms with Gasteiger partial charge in [-0.05, 0) is 40.8 Å². The van der Waals surface area contributed by atoms with Gasteiger partial charge >= 0.3 is 5.97 Å². The van der Waals surface area contributed by atoms with Crippen LogP contribution in [-0.2, 0) is 14.3 Å². The van der Waals surface area contributed by atoms with E-state index in [0.717, 1.165) is 24.4 Å². The quantitative estimate of drug-likeness (QED) is 0.481. The average molecular weight is 498 g/mol. The number of halogens is 1. The van der Waals surface area contributed by atoms with Crippen molar-refractivity contribution in [3.05, 3.63) is 33.7 Å². The van der Waals surface area contributed by atoms with E-state index in [2.05, 4.69) is 38.0 Å². The minimum atomic E-state index is -0.773. The number of thioether (sulfide) groups is 2. The Balaban J connectivity index is 1.51. The number of fused-ring (bicyclic) bond motifs is 1. The molecule has 0 spiro atoms. The molecule has 0 aromatic carbocycles. The van der Waals surface area contributed by atoms with Crippen LogP contribution in [0.25, 0.3) is 4.91 Å². The van der Waals surface area contributed by atoms with Gasteiger partial charge in [0.25, 0.3) is 0 Å². The molecule has 1 aromatic heterocycles. The number of methoxy groups -OCH3 is 1. The van der Waals surface area contributed by atoms with Crippen LogP contribution in [0.1, 0.15) is 44.2 Å². The molecule has 4 heterocycles. The summed E-state index contributed by atoms with van der Waals surface area (Å²) < 4.78 is 6.08. The first-order valence-corrected chi connectivity index (χ1v) is 12.3. The summed E-state index contributed by atoms with van der Waals surface area (Å²) in [6, 6.07) is -0.128. The fourth-order valence-electron chi connectivity index (χ4n) is 4.09. The molecule has 4 unspecified atom stereocenters. The van der Waals surface area contributed by atoms with Gasteiger partial charge in [-0.15, -0.1) is 23.5 Å². The number of aromatic nitrogens is 2. The van der Waals surface area contributed by atoms with Crippen molar-refractivity contribution in [2.24, 2.45) is 11.8 Å². The highest BCUT2D eigenvalue weighted by Crippen LogP contribution is 2.51. The number of amides is 1. The van der Waals surface area contributed by atoms with Crippen molar-refractivity contribution in [3.8, 4) is 0 Å². The highest BCUT2D eigenvalue weighted by atomic mass is 79.9. The lowest BCUT2D eigenvalue weighted by Gasteiger charge is -2.28. The summed E-state index contributed by atoms with van der Waals surface area (Å²) >= 11 is 7.24. The summed E-state index contributed by atoms with van der Waals surface area (Å²) in [5, 5.41) is 0.903. The van der Waals surface area contributed by atoms with Gasteiger partial charge in [0.2, 0.25) is 5.91 Å². The fourth-order valence-corrected chi connectivity index (χ4v) is 7.77. The van der Waals surface area contributed by atoms with Gasteiger partial charge in [-0.3, -0.25) is 9.59 Å². The Kier molecular flexibility index (Phi) is 6.18. The van der Waals surface area contributed by atoms with Crippen molar-refractivity contribution in [1.29, 1.82) is 0 Å². The molecule has 9 heteroatoms. The number of ether oxygens (including phenoxy) is 1. The molecule has 0 aliphatic carbocycles. The molecule has 0 radical (unpaired) electrons. The second-order valence-corrected chi connectivity index (χ2v) is 11.6. The molecule has 1 aromatic rings. The lowest BCUT2D eigenvalue weighted by Crippen LogP contribution is -2.42. The van der Waals surface area contributed by atoms with Crippen LogP contribution in [0.4, 0.5) is 0 Å². The zero-order valence-electron chi connectivity index (χ0n) is 16.6. The molecule has 1 saturated heterocycles. The molecule has 4 atom stereocenters. The van der Waals surface area contributed by atoms with Crippen molar-refractivity contribution in [1.82, 2.24) is 14.9 Å². The summed E-state index contributed by atoms with van der Waals surface area (Å²) in [6.45, 7) is 4.39. The minimum absolute atomic E-state index is 0.118. The van der Waals surface area contributed by atoms with E-state index in [4.69, 9.17) is 4.74 Å². The number of nitrogens with one attached hydrogen (secondary N) is 1. The van der Waals surface area contributed by atoms with Crippen LogP contribution in [0.5, 0.6) is 0 Å². The van der Waals surface area contributed by atoms with Crippen LogP contribution in [0.15, 0.2) is 22.2 Å². The number of esters is 1. The van der Waals surface area contributed by atoms with Crippen LogP contribution in [0.2, 0.25) is 0 Å². The van der Waals surface area contributed by atoms with Crippen molar-refractivity contribution < 1.29 is 14.3 Å². The zero-order valence-corrected chi connectivity index (χ0v) is 19.8. The lowest BCUT2D eigenvalue weighted by atomic mass is 9.94. The van der Waals surface area contributed by atoms with Gasteiger partial charge in [0.05, 0.1) is 25.0 Å². The van der Waals surface area contributed by atoms with Crippen LogP contribution in [0, 0.1) is 11.8 Å². The maximum absolute atomic E-state index is 13.2. The lowest BCUT2D eigenvalue weighted by molar-refractivity contribution is -0.156. The smallest absolute Gasteiger partial charge is 0.318 e. The van der Waals surface area contributed by atoms with Crippen molar-refractivity contribution in [2.75, 3.05) is 13.7 Å². The maximum atomic E-state index is 13.2. The summed E-state index contributed by atoms with van der Waals surface area (Å²) in [5.41, 5.74) is 0.997. The number of nitrogens with zero attached hydrogens (tertiary/aromatic N) is 2.